The average molecular weight is 382 g/mol. The largest absolute Gasteiger partial charge is 0.444 e. The second-order valence-corrected chi connectivity index (χ2v) is 8.11. The van der Waals surface area contributed by atoms with Gasteiger partial charge in [-0.05, 0) is 32.9 Å². The summed E-state index contributed by atoms with van der Waals surface area (Å²) < 4.78 is 6.25. The highest BCUT2D eigenvalue weighted by Gasteiger charge is 2.74. The summed E-state index contributed by atoms with van der Waals surface area (Å²) in [6.07, 6.45) is 1.31. The first kappa shape index (κ1) is 16.2. The van der Waals surface area contributed by atoms with Crippen molar-refractivity contribution < 1.29 is 14.3 Å². The van der Waals surface area contributed by atoms with E-state index < -0.39 is 11.0 Å². The third kappa shape index (κ3) is 2.60. The van der Waals surface area contributed by atoms with Crippen molar-refractivity contribution in [2.24, 2.45) is 17.6 Å². The highest BCUT2D eigenvalue weighted by atomic mass is 79.9. The quantitative estimate of drug-likeness (QED) is 0.849. The van der Waals surface area contributed by atoms with Crippen LogP contribution in [-0.4, -0.2) is 40.6 Å². The Bertz CT molecular complexity index is 659. The maximum Gasteiger partial charge on any atom is 0.410 e. The number of halogens is 1. The zero-order valence-electron chi connectivity index (χ0n) is 13.4. The number of aromatic nitrogens is 1. The number of rotatable bonds is 2. The Labute approximate surface area is 143 Å². The lowest BCUT2D eigenvalue weighted by Gasteiger charge is -2.28. The molecule has 1 aliphatic heterocycles. The molecular weight excluding hydrogens is 362 g/mol. The molecule has 0 radical (unpaired) electrons. The summed E-state index contributed by atoms with van der Waals surface area (Å²) in [4.78, 5) is 30.3. The molecule has 2 fully saturated rings. The predicted molar refractivity (Wildman–Crippen MR) is 87.6 cm³/mol. The number of piperidine rings is 1. The third-order valence-electron chi connectivity index (χ3n) is 4.59. The van der Waals surface area contributed by atoms with E-state index in [1.807, 2.05) is 32.9 Å². The molecule has 0 aromatic carbocycles. The normalized spacial score (nSPS) is 29.1. The molecule has 1 aromatic heterocycles. The molecule has 2 heterocycles. The lowest BCUT2D eigenvalue weighted by atomic mass is 9.94. The highest BCUT2D eigenvalue weighted by Crippen LogP contribution is 2.63. The van der Waals surface area contributed by atoms with Crippen molar-refractivity contribution in [1.82, 2.24) is 9.88 Å². The SMILES string of the molecule is CC(C)(C)OC(=O)N1C[C@@H]2[C@H](C1)C2(C(N)=O)c1cc(Br)ccn1. The van der Waals surface area contributed by atoms with Crippen LogP contribution in [0.1, 0.15) is 26.5 Å². The smallest absolute Gasteiger partial charge is 0.410 e. The van der Waals surface area contributed by atoms with E-state index in [2.05, 4.69) is 20.9 Å². The van der Waals surface area contributed by atoms with Gasteiger partial charge in [-0.15, -0.1) is 0 Å². The minimum Gasteiger partial charge on any atom is -0.444 e. The molecular formula is C16H20BrN3O3. The monoisotopic (exact) mass is 381 g/mol. The van der Waals surface area contributed by atoms with Crippen LogP contribution in [0.3, 0.4) is 0 Å². The molecule has 124 valence electrons. The molecule has 3 atom stereocenters. The summed E-state index contributed by atoms with van der Waals surface area (Å²) >= 11 is 3.40. The molecule has 0 spiro atoms. The molecule has 2 N–H and O–H groups in total. The summed E-state index contributed by atoms with van der Waals surface area (Å²) in [5.41, 5.74) is 5.09. The van der Waals surface area contributed by atoms with Crippen molar-refractivity contribution in [3.05, 3.63) is 28.5 Å². The van der Waals surface area contributed by atoms with Gasteiger partial charge in [0, 0.05) is 35.6 Å². The van der Waals surface area contributed by atoms with Crippen LogP contribution in [0.5, 0.6) is 0 Å². The number of likely N-dealkylation sites (tertiary alicyclic amines) is 1. The van der Waals surface area contributed by atoms with Gasteiger partial charge in [0.25, 0.3) is 0 Å². The molecule has 3 rings (SSSR count). The van der Waals surface area contributed by atoms with E-state index in [0.717, 1.165) is 4.47 Å². The van der Waals surface area contributed by atoms with Gasteiger partial charge in [0.2, 0.25) is 5.91 Å². The van der Waals surface area contributed by atoms with E-state index in [0.29, 0.717) is 18.8 Å². The fourth-order valence-corrected chi connectivity index (χ4v) is 3.94. The zero-order chi connectivity index (χ0) is 17.0. The molecule has 1 saturated carbocycles. The Morgan fingerprint density at radius 3 is 2.48 bits per heavy atom. The molecule has 1 saturated heterocycles. The van der Waals surface area contributed by atoms with Crippen molar-refractivity contribution in [2.75, 3.05) is 13.1 Å². The van der Waals surface area contributed by atoms with Gasteiger partial charge >= 0.3 is 6.09 Å². The Morgan fingerprint density at radius 1 is 1.39 bits per heavy atom. The minimum absolute atomic E-state index is 0.00863. The standard InChI is InChI=1S/C16H20BrN3O3/c1-15(2,3)23-14(22)20-7-10-11(8-20)16(10,13(18)21)12-6-9(17)4-5-19-12/h4-6,10-11H,7-8H2,1-3H3,(H2,18,21)/t10-,11+,16?. The molecule has 6 nitrogen and oxygen atoms in total. The van der Waals surface area contributed by atoms with Gasteiger partial charge in [-0.2, -0.15) is 0 Å². The molecule has 0 bridgehead atoms. The molecule has 1 unspecified atom stereocenters. The number of hydrogen-bond acceptors (Lipinski definition) is 4. The van der Waals surface area contributed by atoms with E-state index in [4.69, 9.17) is 10.5 Å². The fourth-order valence-electron chi connectivity index (χ4n) is 3.61. The van der Waals surface area contributed by atoms with Crippen LogP contribution in [0.4, 0.5) is 4.79 Å². The summed E-state index contributed by atoms with van der Waals surface area (Å²) in [5.74, 6) is -0.356. The Morgan fingerprint density at radius 2 is 2.00 bits per heavy atom. The Balaban J connectivity index is 1.78. The first-order chi connectivity index (χ1) is 10.7. The van der Waals surface area contributed by atoms with E-state index in [1.165, 1.54) is 0 Å². The Kier molecular flexibility index (Phi) is 3.66. The summed E-state index contributed by atoms with van der Waals surface area (Å²) in [5, 5.41) is 0. The van der Waals surface area contributed by atoms with E-state index in [9.17, 15) is 9.59 Å². The highest BCUT2D eigenvalue weighted by molar-refractivity contribution is 9.10. The zero-order valence-corrected chi connectivity index (χ0v) is 15.0. The molecule has 1 aliphatic carbocycles. The molecule has 2 amide bonds. The van der Waals surface area contributed by atoms with Gasteiger partial charge < -0.3 is 15.4 Å². The van der Waals surface area contributed by atoms with E-state index >= 15 is 0 Å². The van der Waals surface area contributed by atoms with Gasteiger partial charge in [0.15, 0.2) is 0 Å². The number of carbonyl (C=O) groups excluding carboxylic acids is 2. The van der Waals surface area contributed by atoms with Crippen LogP contribution in [0, 0.1) is 11.8 Å². The van der Waals surface area contributed by atoms with Crippen LogP contribution in [0.25, 0.3) is 0 Å². The maximum absolute atomic E-state index is 12.2. The van der Waals surface area contributed by atoms with Crippen molar-refractivity contribution in [1.29, 1.82) is 0 Å². The van der Waals surface area contributed by atoms with Gasteiger partial charge in [0.1, 0.15) is 11.0 Å². The topological polar surface area (TPSA) is 85.5 Å². The van der Waals surface area contributed by atoms with Crippen LogP contribution >= 0.6 is 15.9 Å². The summed E-state index contributed by atoms with van der Waals surface area (Å²) in [7, 11) is 0. The van der Waals surface area contributed by atoms with Gasteiger partial charge in [-0.1, -0.05) is 15.9 Å². The first-order valence-electron chi connectivity index (χ1n) is 7.56. The lowest BCUT2D eigenvalue weighted by Crippen LogP contribution is -2.43. The molecule has 2 aliphatic rings. The second kappa shape index (κ2) is 5.19. The molecule has 23 heavy (non-hydrogen) atoms. The number of pyridine rings is 1. The van der Waals surface area contributed by atoms with Crippen molar-refractivity contribution in [3.63, 3.8) is 0 Å². The van der Waals surface area contributed by atoms with Crippen molar-refractivity contribution >= 4 is 27.9 Å². The van der Waals surface area contributed by atoms with E-state index in [-0.39, 0.29) is 23.8 Å². The number of primary amides is 1. The number of nitrogens with two attached hydrogens (primary N) is 1. The van der Waals surface area contributed by atoms with Gasteiger partial charge in [-0.25, -0.2) is 4.79 Å². The minimum atomic E-state index is -0.762. The fraction of sp³-hybridized carbons (Fsp3) is 0.562. The summed E-state index contributed by atoms with van der Waals surface area (Å²) in [6.45, 7) is 6.44. The summed E-state index contributed by atoms with van der Waals surface area (Å²) in [6, 6.07) is 3.64. The number of fused-ring (bicyclic) bond motifs is 1. The molecule has 1 aromatic rings. The number of amides is 2. The Hall–Kier alpha value is -1.63. The van der Waals surface area contributed by atoms with Gasteiger partial charge in [0.05, 0.1) is 5.69 Å². The van der Waals surface area contributed by atoms with Crippen molar-refractivity contribution in [3.8, 4) is 0 Å². The predicted octanol–water partition coefficient (Wildman–Crippen LogP) is 2.06. The maximum atomic E-state index is 12.2. The van der Waals surface area contributed by atoms with Crippen LogP contribution in [-0.2, 0) is 14.9 Å². The van der Waals surface area contributed by atoms with Crippen molar-refractivity contribution in [2.45, 2.75) is 31.8 Å². The number of ether oxygens (including phenoxy) is 1. The number of carbonyl (C=O) groups is 2. The third-order valence-corrected chi connectivity index (χ3v) is 5.08. The first-order valence-corrected chi connectivity index (χ1v) is 8.35. The second-order valence-electron chi connectivity index (χ2n) is 7.19. The number of hydrogen-bond donors (Lipinski definition) is 1. The van der Waals surface area contributed by atoms with Crippen LogP contribution < -0.4 is 5.73 Å². The lowest BCUT2D eigenvalue weighted by molar-refractivity contribution is -0.121. The van der Waals surface area contributed by atoms with E-state index in [1.54, 1.807) is 11.1 Å². The van der Waals surface area contributed by atoms with Crippen LogP contribution in [0.2, 0.25) is 0 Å². The molecule has 7 heteroatoms. The van der Waals surface area contributed by atoms with Gasteiger partial charge in [-0.3, -0.25) is 9.78 Å². The number of nitrogens with zero attached hydrogens (tertiary/aromatic N) is 2. The van der Waals surface area contributed by atoms with Crippen LogP contribution in [0.15, 0.2) is 22.8 Å². The average Bonchev–Trinajstić information content (AvgIpc) is 2.83.